The summed E-state index contributed by atoms with van der Waals surface area (Å²) in [5, 5.41) is 12.0. The molecule has 5 nitrogen and oxygen atoms in total. The Hall–Kier alpha value is -2.14. The van der Waals surface area contributed by atoms with E-state index in [1.165, 1.54) is 6.20 Å². The number of para-hydroxylation sites is 1. The summed E-state index contributed by atoms with van der Waals surface area (Å²) in [4.78, 5) is 16.2. The first kappa shape index (κ1) is 13.3. The van der Waals surface area contributed by atoms with E-state index in [-0.39, 0.29) is 12.5 Å². The van der Waals surface area contributed by atoms with Gasteiger partial charge in [-0.15, -0.1) is 0 Å². The van der Waals surface area contributed by atoms with Crippen molar-refractivity contribution in [1.29, 1.82) is 0 Å². The summed E-state index contributed by atoms with van der Waals surface area (Å²) < 4.78 is 1.71. The van der Waals surface area contributed by atoms with Gasteiger partial charge in [0.15, 0.2) is 0 Å². The number of carbonyl (C=O) groups excluding carboxylic acids is 1. The van der Waals surface area contributed by atoms with Crippen LogP contribution in [0.15, 0.2) is 42.9 Å². The van der Waals surface area contributed by atoms with Crippen molar-refractivity contribution in [1.82, 2.24) is 14.9 Å². The zero-order valence-electron chi connectivity index (χ0n) is 11.0. The third kappa shape index (κ3) is 3.00. The van der Waals surface area contributed by atoms with Gasteiger partial charge in [0.25, 0.3) is 5.91 Å². The molecule has 0 fully saturated rings. The molecule has 0 spiro atoms. The minimum Gasteiger partial charge on any atom is -0.394 e. The SMILES string of the molecule is CC(C)(CO)NC(=O)c1cncn1-c1ccccc1. The van der Waals surface area contributed by atoms with Crippen LogP contribution in [0.2, 0.25) is 0 Å². The molecular weight excluding hydrogens is 242 g/mol. The highest BCUT2D eigenvalue weighted by Gasteiger charge is 2.22. The van der Waals surface area contributed by atoms with Gasteiger partial charge in [-0.05, 0) is 26.0 Å². The number of amides is 1. The number of aromatic nitrogens is 2. The van der Waals surface area contributed by atoms with Gasteiger partial charge in [-0.3, -0.25) is 9.36 Å². The molecule has 5 heteroatoms. The Bertz CT molecular complexity index is 561. The molecule has 0 radical (unpaired) electrons. The number of imidazole rings is 1. The molecule has 0 unspecified atom stereocenters. The van der Waals surface area contributed by atoms with E-state index in [0.717, 1.165) is 5.69 Å². The fraction of sp³-hybridized carbons (Fsp3) is 0.286. The van der Waals surface area contributed by atoms with Gasteiger partial charge in [-0.2, -0.15) is 0 Å². The Labute approximate surface area is 111 Å². The summed E-state index contributed by atoms with van der Waals surface area (Å²) >= 11 is 0. The molecule has 0 bridgehead atoms. The first-order valence-corrected chi connectivity index (χ1v) is 6.05. The topological polar surface area (TPSA) is 67.2 Å². The van der Waals surface area contributed by atoms with Crippen LogP contribution in [0.25, 0.3) is 5.69 Å². The predicted molar refractivity (Wildman–Crippen MR) is 72.2 cm³/mol. The van der Waals surface area contributed by atoms with Gasteiger partial charge in [0, 0.05) is 5.69 Å². The molecule has 1 aromatic heterocycles. The van der Waals surface area contributed by atoms with E-state index in [9.17, 15) is 9.90 Å². The highest BCUT2D eigenvalue weighted by molar-refractivity contribution is 5.93. The molecule has 19 heavy (non-hydrogen) atoms. The third-order valence-corrected chi connectivity index (χ3v) is 2.75. The number of aliphatic hydroxyl groups is 1. The standard InChI is InChI=1S/C14H17N3O2/c1-14(2,9-18)16-13(19)12-8-15-10-17(12)11-6-4-3-5-7-11/h3-8,10,18H,9H2,1-2H3,(H,16,19). The molecule has 100 valence electrons. The maximum absolute atomic E-state index is 12.2. The largest absolute Gasteiger partial charge is 0.394 e. The van der Waals surface area contributed by atoms with E-state index in [2.05, 4.69) is 10.3 Å². The van der Waals surface area contributed by atoms with Crippen LogP contribution in [0.3, 0.4) is 0 Å². The molecule has 0 saturated carbocycles. The summed E-state index contributed by atoms with van der Waals surface area (Å²) in [6.45, 7) is 3.39. The van der Waals surface area contributed by atoms with Crippen molar-refractivity contribution < 1.29 is 9.90 Å². The molecule has 0 atom stereocenters. The number of rotatable bonds is 4. The highest BCUT2D eigenvalue weighted by Crippen LogP contribution is 2.12. The summed E-state index contributed by atoms with van der Waals surface area (Å²) in [5.74, 6) is -0.264. The van der Waals surface area contributed by atoms with Crippen molar-refractivity contribution >= 4 is 5.91 Å². The van der Waals surface area contributed by atoms with E-state index in [4.69, 9.17) is 0 Å². The van der Waals surface area contributed by atoms with Crippen LogP contribution in [0.4, 0.5) is 0 Å². The summed E-state index contributed by atoms with van der Waals surface area (Å²) in [6.07, 6.45) is 3.10. The van der Waals surface area contributed by atoms with Crippen molar-refractivity contribution in [3.8, 4) is 5.69 Å². The molecule has 0 saturated heterocycles. The summed E-state index contributed by atoms with van der Waals surface area (Å²) in [5.41, 5.74) is 0.641. The molecule has 1 heterocycles. The van der Waals surface area contributed by atoms with Gasteiger partial charge in [0.1, 0.15) is 5.69 Å². The minimum atomic E-state index is -0.664. The smallest absolute Gasteiger partial charge is 0.270 e. The quantitative estimate of drug-likeness (QED) is 0.871. The summed E-state index contributed by atoms with van der Waals surface area (Å²) in [7, 11) is 0. The maximum Gasteiger partial charge on any atom is 0.270 e. The first-order valence-electron chi connectivity index (χ1n) is 6.05. The van der Waals surface area contributed by atoms with Crippen molar-refractivity contribution in [2.24, 2.45) is 0 Å². The van der Waals surface area contributed by atoms with Gasteiger partial charge >= 0.3 is 0 Å². The number of carbonyl (C=O) groups is 1. The van der Waals surface area contributed by atoms with Crippen LogP contribution in [0.5, 0.6) is 0 Å². The lowest BCUT2D eigenvalue weighted by atomic mass is 10.1. The predicted octanol–water partition coefficient (Wildman–Crippen LogP) is 1.37. The third-order valence-electron chi connectivity index (χ3n) is 2.75. The minimum absolute atomic E-state index is 0.127. The number of aliphatic hydroxyl groups excluding tert-OH is 1. The fourth-order valence-electron chi connectivity index (χ4n) is 1.67. The van der Waals surface area contributed by atoms with Gasteiger partial charge < -0.3 is 10.4 Å². The second-order valence-electron chi connectivity index (χ2n) is 4.98. The summed E-state index contributed by atoms with van der Waals surface area (Å²) in [6, 6.07) is 9.50. The molecular formula is C14H17N3O2. The number of benzene rings is 1. The molecule has 0 aliphatic carbocycles. The lowest BCUT2D eigenvalue weighted by Gasteiger charge is -2.23. The molecule has 2 rings (SSSR count). The van der Waals surface area contributed by atoms with E-state index in [1.807, 2.05) is 30.3 Å². The van der Waals surface area contributed by atoms with Crippen LogP contribution in [0, 0.1) is 0 Å². The van der Waals surface area contributed by atoms with E-state index < -0.39 is 5.54 Å². The Balaban J connectivity index is 2.28. The Morgan fingerprint density at radius 2 is 2.05 bits per heavy atom. The Kier molecular flexibility index (Phi) is 3.66. The second-order valence-corrected chi connectivity index (χ2v) is 4.98. The van der Waals surface area contributed by atoms with Crippen molar-refractivity contribution in [2.75, 3.05) is 6.61 Å². The number of nitrogens with zero attached hydrogens (tertiary/aromatic N) is 2. The lowest BCUT2D eigenvalue weighted by Crippen LogP contribution is -2.46. The molecule has 0 aliphatic heterocycles. The molecule has 2 N–H and O–H groups in total. The molecule has 0 aliphatic rings. The first-order chi connectivity index (χ1) is 9.03. The average molecular weight is 259 g/mol. The number of nitrogens with one attached hydrogen (secondary N) is 1. The van der Waals surface area contributed by atoms with Crippen LogP contribution in [-0.4, -0.2) is 32.7 Å². The second kappa shape index (κ2) is 5.24. The Morgan fingerprint density at radius 3 is 2.68 bits per heavy atom. The molecule has 1 amide bonds. The zero-order valence-corrected chi connectivity index (χ0v) is 11.0. The van der Waals surface area contributed by atoms with Gasteiger partial charge in [0.2, 0.25) is 0 Å². The number of hydrogen-bond acceptors (Lipinski definition) is 3. The maximum atomic E-state index is 12.2. The molecule has 1 aromatic carbocycles. The van der Waals surface area contributed by atoms with E-state index in [0.29, 0.717) is 5.69 Å². The zero-order chi connectivity index (χ0) is 13.9. The van der Waals surface area contributed by atoms with E-state index >= 15 is 0 Å². The van der Waals surface area contributed by atoms with Crippen molar-refractivity contribution in [2.45, 2.75) is 19.4 Å². The van der Waals surface area contributed by atoms with Gasteiger partial charge in [-0.25, -0.2) is 4.98 Å². The normalized spacial score (nSPS) is 11.3. The monoisotopic (exact) mass is 259 g/mol. The highest BCUT2D eigenvalue weighted by atomic mass is 16.3. The van der Waals surface area contributed by atoms with Crippen LogP contribution in [-0.2, 0) is 0 Å². The molecule has 2 aromatic rings. The average Bonchev–Trinajstić information content (AvgIpc) is 2.88. The van der Waals surface area contributed by atoms with Crippen molar-refractivity contribution in [3.63, 3.8) is 0 Å². The lowest BCUT2D eigenvalue weighted by molar-refractivity contribution is 0.0862. The van der Waals surface area contributed by atoms with Gasteiger partial charge in [0.05, 0.1) is 24.7 Å². The van der Waals surface area contributed by atoms with Crippen LogP contribution in [0.1, 0.15) is 24.3 Å². The Morgan fingerprint density at radius 1 is 1.37 bits per heavy atom. The number of hydrogen-bond donors (Lipinski definition) is 2. The van der Waals surface area contributed by atoms with E-state index in [1.54, 1.807) is 24.7 Å². The van der Waals surface area contributed by atoms with Crippen LogP contribution < -0.4 is 5.32 Å². The fourth-order valence-corrected chi connectivity index (χ4v) is 1.67. The van der Waals surface area contributed by atoms with Gasteiger partial charge in [-0.1, -0.05) is 18.2 Å². The van der Waals surface area contributed by atoms with Crippen LogP contribution >= 0.6 is 0 Å². The van der Waals surface area contributed by atoms with Crippen molar-refractivity contribution in [3.05, 3.63) is 48.5 Å².